The maximum atomic E-state index is 13.0. The van der Waals surface area contributed by atoms with Crippen molar-refractivity contribution in [3.8, 4) is 0 Å². The van der Waals surface area contributed by atoms with E-state index in [0.717, 1.165) is 0 Å². The Morgan fingerprint density at radius 2 is 1.96 bits per heavy atom. The summed E-state index contributed by atoms with van der Waals surface area (Å²) in [5, 5.41) is 10.7. The Morgan fingerprint density at radius 3 is 2.62 bits per heavy atom. The molecule has 0 aliphatic carbocycles. The number of aromatic nitrogens is 3. The lowest BCUT2D eigenvalue weighted by atomic mass is 10.1. The molecule has 1 aromatic carbocycles. The van der Waals surface area contributed by atoms with Crippen LogP contribution in [0.2, 0.25) is 0 Å². The summed E-state index contributed by atoms with van der Waals surface area (Å²) in [6.07, 6.45) is 0.0981. The van der Waals surface area contributed by atoms with Crippen LogP contribution in [0.25, 0.3) is 0 Å². The second kappa shape index (κ2) is 6.38. The quantitative estimate of drug-likeness (QED) is 0.893. The Kier molecular flexibility index (Phi) is 4.28. The number of likely N-dealkylation sites (N-methyl/N-ethyl adjacent to an activating group) is 1. The third-order valence-electron chi connectivity index (χ3n) is 4.17. The van der Waals surface area contributed by atoms with Gasteiger partial charge in [-0.05, 0) is 24.6 Å². The molecule has 2 aromatic rings. The van der Waals surface area contributed by atoms with E-state index in [4.69, 9.17) is 0 Å². The highest BCUT2D eigenvalue weighted by molar-refractivity contribution is 5.89. The minimum atomic E-state index is -0.808. The first-order valence-corrected chi connectivity index (χ1v) is 7.66. The largest absolute Gasteiger partial charge is 0.357 e. The molecular weight excluding hydrogens is 313 g/mol. The van der Waals surface area contributed by atoms with Gasteiger partial charge >= 0.3 is 0 Å². The monoisotopic (exact) mass is 331 g/mol. The zero-order valence-corrected chi connectivity index (χ0v) is 13.5. The summed E-state index contributed by atoms with van der Waals surface area (Å²) >= 11 is 0. The van der Waals surface area contributed by atoms with Crippen molar-refractivity contribution in [3.05, 3.63) is 47.3 Å². The van der Waals surface area contributed by atoms with Crippen LogP contribution in [0.4, 0.5) is 4.39 Å². The number of nitrogens with zero attached hydrogens (tertiary/aromatic N) is 4. The summed E-state index contributed by atoms with van der Waals surface area (Å²) in [5.41, 5.74) is 0.695. The molecule has 7 nitrogen and oxygen atoms in total. The first kappa shape index (κ1) is 16.1. The summed E-state index contributed by atoms with van der Waals surface area (Å²) in [4.78, 5) is 26.5. The molecule has 0 spiro atoms. The van der Waals surface area contributed by atoms with E-state index in [-0.39, 0.29) is 24.1 Å². The Bertz CT molecular complexity index is 771. The number of halogens is 1. The van der Waals surface area contributed by atoms with Crippen LogP contribution in [0, 0.1) is 12.7 Å². The average Bonchev–Trinajstić information content (AvgIpc) is 2.96. The van der Waals surface area contributed by atoms with Crippen molar-refractivity contribution in [2.45, 2.75) is 25.9 Å². The van der Waals surface area contributed by atoms with Crippen molar-refractivity contribution in [1.82, 2.24) is 25.0 Å². The van der Waals surface area contributed by atoms with Crippen molar-refractivity contribution in [2.24, 2.45) is 0 Å². The summed E-state index contributed by atoms with van der Waals surface area (Å²) in [7, 11) is 1.52. The van der Waals surface area contributed by atoms with E-state index in [1.165, 1.54) is 24.1 Å². The molecule has 24 heavy (non-hydrogen) atoms. The fraction of sp³-hybridized carbons (Fsp3) is 0.375. The predicted octanol–water partition coefficient (Wildman–Crippen LogP) is 0.598. The van der Waals surface area contributed by atoms with Gasteiger partial charge < -0.3 is 14.8 Å². The topological polar surface area (TPSA) is 80.1 Å². The van der Waals surface area contributed by atoms with E-state index in [2.05, 4.69) is 15.5 Å². The molecule has 0 fully saturated rings. The van der Waals surface area contributed by atoms with E-state index >= 15 is 0 Å². The van der Waals surface area contributed by atoms with Gasteiger partial charge in [-0.1, -0.05) is 12.1 Å². The summed E-state index contributed by atoms with van der Waals surface area (Å²) in [5.74, 6) is 0.309. The minimum absolute atomic E-state index is 0.0981. The molecule has 1 aliphatic rings. The minimum Gasteiger partial charge on any atom is -0.357 e. The van der Waals surface area contributed by atoms with Gasteiger partial charge in [0.15, 0.2) is 11.9 Å². The molecule has 1 aromatic heterocycles. The van der Waals surface area contributed by atoms with Crippen LogP contribution in [-0.4, -0.2) is 45.1 Å². The molecule has 1 atom stereocenters. The number of nitrogens with one attached hydrogen (secondary N) is 1. The number of carbonyl (C=O) groups excluding carboxylic acids is 2. The lowest BCUT2D eigenvalue weighted by molar-refractivity contribution is -0.141. The highest BCUT2D eigenvalue weighted by Crippen LogP contribution is 2.25. The molecule has 1 unspecified atom stereocenters. The maximum absolute atomic E-state index is 13.0. The van der Waals surface area contributed by atoms with Crippen molar-refractivity contribution in [1.29, 1.82) is 0 Å². The zero-order chi connectivity index (χ0) is 17.3. The summed E-state index contributed by atoms with van der Waals surface area (Å²) < 4.78 is 14.8. The van der Waals surface area contributed by atoms with Gasteiger partial charge in [-0.2, -0.15) is 0 Å². The molecule has 2 amide bonds. The van der Waals surface area contributed by atoms with Gasteiger partial charge in [0.1, 0.15) is 11.6 Å². The molecule has 3 rings (SSSR count). The number of rotatable bonds is 3. The predicted molar refractivity (Wildman–Crippen MR) is 83.4 cm³/mol. The molecule has 0 bridgehead atoms. The molecule has 0 radical (unpaired) electrons. The third-order valence-corrected chi connectivity index (χ3v) is 4.17. The van der Waals surface area contributed by atoms with Gasteiger partial charge in [0.2, 0.25) is 5.91 Å². The number of benzene rings is 1. The number of amides is 2. The lowest BCUT2D eigenvalue weighted by Crippen LogP contribution is -2.49. The molecular formula is C16H18FN5O2. The molecule has 2 heterocycles. The normalized spacial score (nSPS) is 16.6. The second-order valence-electron chi connectivity index (χ2n) is 5.66. The fourth-order valence-corrected chi connectivity index (χ4v) is 2.89. The highest BCUT2D eigenvalue weighted by Gasteiger charge is 2.38. The fourth-order valence-electron chi connectivity index (χ4n) is 2.89. The van der Waals surface area contributed by atoms with Gasteiger partial charge in [-0.15, -0.1) is 10.2 Å². The summed E-state index contributed by atoms with van der Waals surface area (Å²) in [6.45, 7) is 2.74. The van der Waals surface area contributed by atoms with E-state index in [9.17, 15) is 14.0 Å². The Balaban J connectivity index is 1.87. The van der Waals surface area contributed by atoms with E-state index in [1.54, 1.807) is 12.1 Å². The molecule has 0 saturated carbocycles. The standard InChI is InChI=1S/C16H18FN5O2/c1-10-19-20-15-14(16(24)18-2)22(8-7-21(10)15)13(23)9-11-3-5-12(17)6-4-11/h3-6,14H,7-9H2,1-2H3,(H,18,24). The highest BCUT2D eigenvalue weighted by atomic mass is 19.1. The van der Waals surface area contributed by atoms with Gasteiger partial charge in [0.05, 0.1) is 6.42 Å². The molecule has 1 N–H and O–H groups in total. The van der Waals surface area contributed by atoms with E-state index in [0.29, 0.717) is 30.3 Å². The molecule has 126 valence electrons. The van der Waals surface area contributed by atoms with Gasteiger partial charge in [-0.3, -0.25) is 9.59 Å². The van der Waals surface area contributed by atoms with Gasteiger partial charge in [-0.25, -0.2) is 4.39 Å². The number of hydrogen-bond donors (Lipinski definition) is 1. The van der Waals surface area contributed by atoms with E-state index in [1.807, 2.05) is 11.5 Å². The number of carbonyl (C=O) groups is 2. The van der Waals surface area contributed by atoms with Crippen molar-refractivity contribution < 1.29 is 14.0 Å². The van der Waals surface area contributed by atoms with Crippen molar-refractivity contribution >= 4 is 11.8 Å². The number of hydrogen-bond acceptors (Lipinski definition) is 4. The smallest absolute Gasteiger partial charge is 0.250 e. The summed E-state index contributed by atoms with van der Waals surface area (Å²) in [6, 6.07) is 4.96. The van der Waals surface area contributed by atoms with Crippen LogP contribution in [0.15, 0.2) is 24.3 Å². The van der Waals surface area contributed by atoms with Gasteiger partial charge in [0.25, 0.3) is 5.91 Å². The Labute approximate surface area is 138 Å². The van der Waals surface area contributed by atoms with Crippen molar-refractivity contribution in [3.63, 3.8) is 0 Å². The third kappa shape index (κ3) is 2.86. The van der Waals surface area contributed by atoms with E-state index < -0.39 is 6.04 Å². The van der Waals surface area contributed by atoms with Crippen LogP contribution >= 0.6 is 0 Å². The number of fused-ring (bicyclic) bond motifs is 1. The Hall–Kier alpha value is -2.77. The number of aryl methyl sites for hydroxylation is 1. The second-order valence-corrected chi connectivity index (χ2v) is 5.66. The SMILES string of the molecule is CNC(=O)C1c2nnc(C)n2CCN1C(=O)Cc1ccc(F)cc1. The van der Waals surface area contributed by atoms with Crippen LogP contribution in [0.3, 0.4) is 0 Å². The molecule has 8 heteroatoms. The van der Waals surface area contributed by atoms with Crippen molar-refractivity contribution in [2.75, 3.05) is 13.6 Å². The maximum Gasteiger partial charge on any atom is 0.250 e. The van der Waals surface area contributed by atoms with Crippen LogP contribution in [0.1, 0.15) is 23.3 Å². The lowest BCUT2D eigenvalue weighted by Gasteiger charge is -2.34. The van der Waals surface area contributed by atoms with Crippen LogP contribution in [-0.2, 0) is 22.6 Å². The Morgan fingerprint density at radius 1 is 1.25 bits per heavy atom. The molecule has 1 aliphatic heterocycles. The van der Waals surface area contributed by atoms with Crippen LogP contribution < -0.4 is 5.32 Å². The molecule has 0 saturated heterocycles. The first-order chi connectivity index (χ1) is 11.5. The zero-order valence-electron chi connectivity index (χ0n) is 13.5. The first-order valence-electron chi connectivity index (χ1n) is 7.66. The van der Waals surface area contributed by atoms with Crippen LogP contribution in [0.5, 0.6) is 0 Å². The average molecular weight is 331 g/mol. The van der Waals surface area contributed by atoms with Gasteiger partial charge in [0, 0.05) is 20.1 Å².